The maximum absolute atomic E-state index is 12.6. The maximum Gasteiger partial charge on any atom is 0.338 e. The number of sulfonamides is 1. The summed E-state index contributed by atoms with van der Waals surface area (Å²) in [7, 11) is -3.85. The smallest absolute Gasteiger partial charge is 0.326 e. The summed E-state index contributed by atoms with van der Waals surface area (Å²) in [5.41, 5.74) is 12.1. The third-order valence-electron chi connectivity index (χ3n) is 4.79. The zero-order valence-electron chi connectivity index (χ0n) is 17.8. The number of nitrogens with two attached hydrogens (primary N) is 2. The van der Waals surface area contributed by atoms with Crippen LogP contribution in [0.2, 0.25) is 0 Å². The highest BCUT2D eigenvalue weighted by atomic mass is 32.2. The van der Waals surface area contributed by atoms with Crippen molar-refractivity contribution in [2.24, 2.45) is 10.9 Å². The Morgan fingerprint density at radius 3 is 2.38 bits per heavy atom. The van der Waals surface area contributed by atoms with Crippen LogP contribution in [0, 0.1) is 0 Å². The zero-order valence-corrected chi connectivity index (χ0v) is 18.6. The predicted octanol–water partition coefficient (Wildman–Crippen LogP) is 3.41. The highest BCUT2D eigenvalue weighted by molar-refractivity contribution is 7.89. The molecule has 0 bridgehead atoms. The quantitative estimate of drug-likeness (QED) is 0.388. The number of rotatable bonds is 8. The minimum Gasteiger partial charge on any atom is -0.326 e. The molecule has 3 aromatic rings. The van der Waals surface area contributed by atoms with E-state index in [1.165, 1.54) is 6.07 Å². The number of benzene rings is 3. The minimum atomic E-state index is -3.85. The summed E-state index contributed by atoms with van der Waals surface area (Å²) in [6.45, 7) is 3.07. The van der Waals surface area contributed by atoms with Crippen LogP contribution in [0.3, 0.4) is 0 Å². The van der Waals surface area contributed by atoms with Crippen molar-refractivity contribution in [3.8, 4) is 11.1 Å². The first-order chi connectivity index (χ1) is 15.3. The molecule has 168 valence electrons. The van der Waals surface area contributed by atoms with Crippen LogP contribution in [0.4, 0.5) is 16.2 Å². The van der Waals surface area contributed by atoms with Crippen molar-refractivity contribution >= 4 is 27.4 Å². The van der Waals surface area contributed by atoms with Crippen LogP contribution in [-0.2, 0) is 16.6 Å². The molecule has 6 N–H and O–H groups in total. The molecule has 0 aromatic heterocycles. The van der Waals surface area contributed by atoms with Crippen LogP contribution in [0.5, 0.6) is 0 Å². The fourth-order valence-electron chi connectivity index (χ4n) is 3.29. The lowest BCUT2D eigenvalue weighted by Crippen LogP contribution is -2.45. The number of hydrogen-bond donors (Lipinski definition) is 4. The topological polar surface area (TPSA) is 131 Å². The van der Waals surface area contributed by atoms with Gasteiger partial charge in [0, 0.05) is 24.3 Å². The fourth-order valence-corrected chi connectivity index (χ4v) is 4.05. The number of hydrogen-bond acceptors (Lipinski definition) is 5. The Morgan fingerprint density at radius 2 is 1.72 bits per heavy atom. The molecule has 3 rings (SSSR count). The largest absolute Gasteiger partial charge is 0.338 e. The summed E-state index contributed by atoms with van der Waals surface area (Å²) in [6.07, 6.45) is 0.839. The molecular weight excluding hydrogens is 426 g/mol. The molecule has 9 heteroatoms. The molecule has 0 unspecified atom stereocenters. The zero-order chi connectivity index (χ0) is 23.1. The lowest BCUT2D eigenvalue weighted by atomic mass is 10.1. The molecule has 0 fully saturated rings. The molecule has 0 saturated heterocycles. The number of carbonyl (C=O) groups excluding carboxylic acids is 1. The number of hydrazine groups is 1. The number of nitrogens with one attached hydrogen (secondary N) is 2. The highest BCUT2D eigenvalue weighted by Gasteiger charge is 2.15. The number of primary sulfonamides is 1. The third-order valence-corrected chi connectivity index (χ3v) is 5.76. The standard InChI is InChI=1S/C23H27N5O3S/c1-2-14-28(20-7-5-6-17(15-20)16-24)27-23(29)26-19-12-10-18(11-13-19)21-8-3-4-9-22(21)32(25,30)31/h3-13,15H,2,14,16,24H2,1H3,(H2,25,30,31)(H2,26,27,29). The Balaban J connectivity index is 1.73. The number of urea groups is 1. The molecule has 2 amide bonds. The van der Waals surface area contributed by atoms with E-state index < -0.39 is 16.1 Å². The fraction of sp³-hybridized carbons (Fsp3) is 0.174. The highest BCUT2D eigenvalue weighted by Crippen LogP contribution is 2.27. The lowest BCUT2D eigenvalue weighted by Gasteiger charge is -2.25. The number of nitrogens with zero attached hydrogens (tertiary/aromatic N) is 1. The minimum absolute atomic E-state index is 0.0494. The first-order valence-electron chi connectivity index (χ1n) is 10.2. The van der Waals surface area contributed by atoms with Crippen molar-refractivity contribution in [1.29, 1.82) is 0 Å². The van der Waals surface area contributed by atoms with E-state index in [4.69, 9.17) is 10.9 Å². The predicted molar refractivity (Wildman–Crippen MR) is 127 cm³/mol. The van der Waals surface area contributed by atoms with Crippen LogP contribution in [0.1, 0.15) is 18.9 Å². The summed E-state index contributed by atoms with van der Waals surface area (Å²) in [6, 6.07) is 20.7. The lowest BCUT2D eigenvalue weighted by molar-refractivity contribution is 0.251. The first-order valence-corrected chi connectivity index (χ1v) is 11.7. The van der Waals surface area contributed by atoms with Gasteiger partial charge in [0.15, 0.2) is 0 Å². The van der Waals surface area contributed by atoms with Gasteiger partial charge in [-0.05, 0) is 47.9 Å². The molecule has 0 heterocycles. The molecule has 0 radical (unpaired) electrons. The van der Waals surface area contributed by atoms with Gasteiger partial charge in [-0.3, -0.25) is 5.01 Å². The van der Waals surface area contributed by atoms with Crippen LogP contribution in [0.15, 0.2) is 77.7 Å². The van der Waals surface area contributed by atoms with Crippen LogP contribution >= 0.6 is 0 Å². The van der Waals surface area contributed by atoms with E-state index in [1.54, 1.807) is 47.5 Å². The molecule has 0 aliphatic carbocycles. The summed E-state index contributed by atoms with van der Waals surface area (Å²) in [5, 5.41) is 9.89. The monoisotopic (exact) mass is 453 g/mol. The van der Waals surface area contributed by atoms with Gasteiger partial charge in [0.05, 0.1) is 10.6 Å². The maximum atomic E-state index is 12.6. The van der Waals surface area contributed by atoms with Gasteiger partial charge >= 0.3 is 6.03 Å². The van der Waals surface area contributed by atoms with Crippen molar-refractivity contribution < 1.29 is 13.2 Å². The molecule has 0 atom stereocenters. The van der Waals surface area contributed by atoms with E-state index in [2.05, 4.69) is 10.7 Å². The Hall–Kier alpha value is -3.40. The van der Waals surface area contributed by atoms with E-state index in [-0.39, 0.29) is 4.90 Å². The van der Waals surface area contributed by atoms with E-state index in [0.29, 0.717) is 29.9 Å². The van der Waals surface area contributed by atoms with Gasteiger partial charge in [0.1, 0.15) is 0 Å². The second-order valence-electron chi connectivity index (χ2n) is 7.21. The van der Waals surface area contributed by atoms with Gasteiger partial charge in [0.25, 0.3) is 0 Å². The Kier molecular flexibility index (Phi) is 7.47. The van der Waals surface area contributed by atoms with Gasteiger partial charge in [-0.1, -0.05) is 49.4 Å². The SMILES string of the molecule is CCCN(NC(=O)Nc1ccc(-c2ccccc2S(N)(=O)=O)cc1)c1cccc(CN)c1. The van der Waals surface area contributed by atoms with E-state index >= 15 is 0 Å². The van der Waals surface area contributed by atoms with E-state index in [1.807, 2.05) is 31.2 Å². The van der Waals surface area contributed by atoms with Crippen LogP contribution < -0.4 is 26.6 Å². The molecule has 3 aromatic carbocycles. The Bertz CT molecular complexity index is 1180. The summed E-state index contributed by atoms with van der Waals surface area (Å²) < 4.78 is 23.7. The van der Waals surface area contributed by atoms with Crippen molar-refractivity contribution in [3.63, 3.8) is 0 Å². The molecule has 8 nitrogen and oxygen atoms in total. The van der Waals surface area contributed by atoms with Crippen molar-refractivity contribution in [2.75, 3.05) is 16.9 Å². The molecule has 0 saturated carbocycles. The van der Waals surface area contributed by atoms with Crippen molar-refractivity contribution in [2.45, 2.75) is 24.8 Å². The van der Waals surface area contributed by atoms with Gasteiger partial charge in [-0.15, -0.1) is 0 Å². The first kappa shape index (κ1) is 23.3. The summed E-state index contributed by atoms with van der Waals surface area (Å²) in [4.78, 5) is 12.6. The van der Waals surface area contributed by atoms with Crippen molar-refractivity contribution in [1.82, 2.24) is 5.43 Å². The average Bonchev–Trinajstić information content (AvgIpc) is 2.79. The Morgan fingerprint density at radius 1 is 1.00 bits per heavy atom. The van der Waals surface area contributed by atoms with Gasteiger partial charge < -0.3 is 11.1 Å². The van der Waals surface area contributed by atoms with Gasteiger partial charge in [-0.2, -0.15) is 0 Å². The van der Waals surface area contributed by atoms with E-state index in [9.17, 15) is 13.2 Å². The van der Waals surface area contributed by atoms with Crippen LogP contribution in [-0.4, -0.2) is 21.0 Å². The van der Waals surface area contributed by atoms with Crippen molar-refractivity contribution in [3.05, 3.63) is 78.4 Å². The molecule has 0 spiro atoms. The van der Waals surface area contributed by atoms with Crippen LogP contribution in [0.25, 0.3) is 11.1 Å². The Labute approximate surface area is 188 Å². The van der Waals surface area contributed by atoms with Gasteiger partial charge in [0.2, 0.25) is 10.0 Å². The summed E-state index contributed by atoms with van der Waals surface area (Å²) >= 11 is 0. The third kappa shape index (κ3) is 5.85. The molecular formula is C23H27N5O3S. The normalized spacial score (nSPS) is 11.1. The average molecular weight is 454 g/mol. The number of anilines is 2. The summed E-state index contributed by atoms with van der Waals surface area (Å²) in [5.74, 6) is 0. The second kappa shape index (κ2) is 10.3. The molecule has 0 aliphatic heterocycles. The second-order valence-corrected chi connectivity index (χ2v) is 8.74. The van der Waals surface area contributed by atoms with Gasteiger partial charge in [-0.25, -0.2) is 23.8 Å². The number of amides is 2. The van der Waals surface area contributed by atoms with E-state index in [0.717, 1.165) is 17.7 Å². The number of carbonyl (C=O) groups is 1. The molecule has 0 aliphatic rings. The molecule has 32 heavy (non-hydrogen) atoms.